The molecule has 1 aromatic carbocycles. The second kappa shape index (κ2) is 12.0. The van der Waals surface area contributed by atoms with Crippen molar-refractivity contribution < 1.29 is 14.9 Å². The van der Waals surface area contributed by atoms with E-state index in [0.717, 1.165) is 81.5 Å². The first-order valence-electron chi connectivity index (χ1n) is 10.5. The first-order chi connectivity index (χ1) is 13.7. The number of rotatable bonds is 10. The number of β-amino-alcohol motifs (C(OH)–C–C–N with tert-alkyl or cyclic N) is 1. The van der Waals surface area contributed by atoms with Gasteiger partial charge in [-0.15, -0.1) is 0 Å². The molecule has 0 radical (unpaired) electrons. The molecule has 0 amide bonds. The Balaban J connectivity index is 1.36. The van der Waals surface area contributed by atoms with Crippen LogP contribution in [-0.4, -0.2) is 96.1 Å². The van der Waals surface area contributed by atoms with E-state index in [1.807, 2.05) is 30.0 Å². The zero-order valence-electron chi connectivity index (χ0n) is 16.8. The van der Waals surface area contributed by atoms with Gasteiger partial charge in [-0.05, 0) is 18.9 Å². The van der Waals surface area contributed by atoms with Gasteiger partial charge in [0.1, 0.15) is 18.5 Å². The molecule has 2 aliphatic heterocycles. The number of nitrogens with one attached hydrogen (secondary N) is 1. The number of piperidine rings is 1. The van der Waals surface area contributed by atoms with Crippen LogP contribution in [0.3, 0.4) is 0 Å². The molecule has 3 rings (SSSR count). The van der Waals surface area contributed by atoms with Gasteiger partial charge in [-0.25, -0.2) is 0 Å². The van der Waals surface area contributed by atoms with E-state index in [4.69, 9.17) is 4.74 Å². The Bertz CT molecular complexity index is 564. The van der Waals surface area contributed by atoms with Gasteiger partial charge in [0.2, 0.25) is 0 Å². The number of ether oxygens (including phenoxy) is 1. The zero-order valence-corrected chi connectivity index (χ0v) is 17.6. The Morgan fingerprint density at radius 1 is 1.11 bits per heavy atom. The van der Waals surface area contributed by atoms with Gasteiger partial charge < -0.3 is 25.2 Å². The molecule has 1 aromatic rings. The van der Waals surface area contributed by atoms with Crippen molar-refractivity contribution in [2.75, 3.05) is 63.9 Å². The first-order valence-corrected chi connectivity index (χ1v) is 11.7. The smallest absolute Gasteiger partial charge is 0.123 e. The summed E-state index contributed by atoms with van der Waals surface area (Å²) in [6.07, 6.45) is 1.20. The van der Waals surface area contributed by atoms with Gasteiger partial charge in [-0.2, -0.15) is 11.8 Å². The Kier molecular flexibility index (Phi) is 9.37. The van der Waals surface area contributed by atoms with Crippen LogP contribution in [0.15, 0.2) is 24.3 Å². The summed E-state index contributed by atoms with van der Waals surface area (Å²) in [4.78, 5) is 4.72. The summed E-state index contributed by atoms with van der Waals surface area (Å²) in [5, 5.41) is 23.4. The average molecular weight is 410 g/mol. The highest BCUT2D eigenvalue weighted by Gasteiger charge is 2.17. The highest BCUT2D eigenvalue weighted by atomic mass is 32.2. The van der Waals surface area contributed by atoms with Gasteiger partial charge in [-0.3, -0.25) is 4.90 Å². The van der Waals surface area contributed by atoms with Gasteiger partial charge in [0.05, 0.1) is 6.10 Å². The largest absolute Gasteiger partial charge is 0.491 e. The van der Waals surface area contributed by atoms with Gasteiger partial charge in [0.15, 0.2) is 0 Å². The van der Waals surface area contributed by atoms with Crippen molar-refractivity contribution in [2.45, 2.75) is 31.6 Å². The Hall–Kier alpha value is -0.830. The summed E-state index contributed by atoms with van der Waals surface area (Å²) >= 11 is 1.98. The van der Waals surface area contributed by atoms with Gasteiger partial charge >= 0.3 is 0 Å². The van der Waals surface area contributed by atoms with Crippen molar-refractivity contribution in [1.29, 1.82) is 0 Å². The molecule has 0 bridgehead atoms. The van der Waals surface area contributed by atoms with E-state index in [9.17, 15) is 10.2 Å². The lowest BCUT2D eigenvalue weighted by Gasteiger charge is -2.29. The van der Waals surface area contributed by atoms with Crippen LogP contribution in [0.1, 0.15) is 18.4 Å². The van der Waals surface area contributed by atoms with Crippen LogP contribution >= 0.6 is 11.8 Å². The molecule has 6 nitrogen and oxygen atoms in total. The minimum atomic E-state index is -0.460. The van der Waals surface area contributed by atoms with Crippen LogP contribution in [0.25, 0.3) is 0 Å². The highest BCUT2D eigenvalue weighted by Crippen LogP contribution is 2.18. The highest BCUT2D eigenvalue weighted by molar-refractivity contribution is 7.99. The fourth-order valence-corrected chi connectivity index (χ4v) is 4.69. The third kappa shape index (κ3) is 7.54. The van der Waals surface area contributed by atoms with Gasteiger partial charge in [0.25, 0.3) is 0 Å². The summed E-state index contributed by atoms with van der Waals surface area (Å²) < 4.78 is 5.94. The van der Waals surface area contributed by atoms with Crippen molar-refractivity contribution in [3.05, 3.63) is 29.8 Å². The predicted molar refractivity (Wildman–Crippen MR) is 115 cm³/mol. The van der Waals surface area contributed by atoms with E-state index in [1.54, 1.807) is 0 Å². The molecule has 0 aromatic heterocycles. The third-order valence-electron chi connectivity index (χ3n) is 5.45. The van der Waals surface area contributed by atoms with E-state index in [0.29, 0.717) is 13.2 Å². The van der Waals surface area contributed by atoms with Crippen LogP contribution in [0.4, 0.5) is 0 Å². The number of para-hydroxylation sites is 1. The number of nitrogens with zero attached hydrogens (tertiary/aromatic N) is 2. The number of likely N-dealkylation sites (tertiary alicyclic amines) is 1. The molecule has 1 atom stereocenters. The topological polar surface area (TPSA) is 68.2 Å². The molecule has 1 unspecified atom stereocenters. The summed E-state index contributed by atoms with van der Waals surface area (Å²) in [7, 11) is 0. The number of hydrogen-bond donors (Lipinski definition) is 3. The molecule has 2 heterocycles. The van der Waals surface area contributed by atoms with Crippen LogP contribution in [-0.2, 0) is 6.54 Å². The lowest BCUT2D eigenvalue weighted by atomic mass is 10.1. The fourth-order valence-electron chi connectivity index (χ4n) is 3.71. The maximum Gasteiger partial charge on any atom is 0.123 e. The molecule has 2 saturated heterocycles. The standard InChI is InChI=1S/C21H35N3O3S/c25-19-5-8-23(9-6-19)10-7-22-15-18-3-1-2-4-21(18)27-17-20(26)16-24-11-13-28-14-12-24/h1-4,19-20,22,25-26H,5-17H2. The number of thioether (sulfide) groups is 1. The second-order valence-electron chi connectivity index (χ2n) is 7.74. The number of aliphatic hydroxyl groups excluding tert-OH is 2. The van der Waals surface area contributed by atoms with Gasteiger partial charge in [0, 0.05) is 69.4 Å². The maximum atomic E-state index is 10.3. The molecule has 7 heteroatoms. The SMILES string of the molecule is OC1CCN(CCNCc2ccccc2OCC(O)CN2CCSCC2)CC1. The fraction of sp³-hybridized carbons (Fsp3) is 0.714. The molecular formula is C21H35N3O3S. The summed E-state index contributed by atoms with van der Waals surface area (Å²) in [6.45, 7) is 7.76. The monoisotopic (exact) mass is 409 g/mol. The maximum absolute atomic E-state index is 10.3. The molecule has 3 N–H and O–H groups in total. The Labute approximate surface area is 173 Å². The van der Waals surface area contributed by atoms with E-state index >= 15 is 0 Å². The molecule has 2 aliphatic rings. The van der Waals surface area contributed by atoms with Crippen LogP contribution in [0, 0.1) is 0 Å². The lowest BCUT2D eigenvalue weighted by molar-refractivity contribution is 0.0711. The average Bonchev–Trinajstić information content (AvgIpc) is 2.72. The number of aliphatic hydroxyl groups is 2. The summed E-state index contributed by atoms with van der Waals surface area (Å²) in [5.41, 5.74) is 1.12. The van der Waals surface area contributed by atoms with E-state index in [-0.39, 0.29) is 6.10 Å². The van der Waals surface area contributed by atoms with E-state index in [1.165, 1.54) is 0 Å². The van der Waals surface area contributed by atoms with Crippen LogP contribution in [0.5, 0.6) is 5.75 Å². The van der Waals surface area contributed by atoms with Crippen molar-refractivity contribution in [3.8, 4) is 5.75 Å². The summed E-state index contributed by atoms with van der Waals surface area (Å²) in [6, 6.07) is 8.06. The molecule has 28 heavy (non-hydrogen) atoms. The molecule has 2 fully saturated rings. The molecular weight excluding hydrogens is 374 g/mol. The molecule has 158 valence electrons. The quantitative estimate of drug-likeness (QED) is 0.499. The van der Waals surface area contributed by atoms with Crippen molar-refractivity contribution in [2.24, 2.45) is 0 Å². The zero-order chi connectivity index (χ0) is 19.6. The Morgan fingerprint density at radius 2 is 1.86 bits per heavy atom. The normalized spacial score (nSPS) is 20.9. The number of hydrogen-bond acceptors (Lipinski definition) is 7. The lowest BCUT2D eigenvalue weighted by Crippen LogP contribution is -2.40. The van der Waals surface area contributed by atoms with Crippen LogP contribution < -0.4 is 10.1 Å². The predicted octanol–water partition coefficient (Wildman–Crippen LogP) is 1.02. The third-order valence-corrected chi connectivity index (χ3v) is 6.40. The minimum absolute atomic E-state index is 0.114. The minimum Gasteiger partial charge on any atom is -0.491 e. The van der Waals surface area contributed by atoms with Crippen LogP contribution in [0.2, 0.25) is 0 Å². The van der Waals surface area contributed by atoms with E-state index < -0.39 is 6.10 Å². The second-order valence-corrected chi connectivity index (χ2v) is 8.96. The Morgan fingerprint density at radius 3 is 2.64 bits per heavy atom. The first kappa shape index (κ1) is 21.9. The molecule has 0 aliphatic carbocycles. The molecule has 0 saturated carbocycles. The van der Waals surface area contributed by atoms with Crippen molar-refractivity contribution in [3.63, 3.8) is 0 Å². The molecule has 0 spiro atoms. The van der Waals surface area contributed by atoms with Gasteiger partial charge in [-0.1, -0.05) is 18.2 Å². The van der Waals surface area contributed by atoms with Crippen molar-refractivity contribution in [1.82, 2.24) is 15.1 Å². The number of benzene rings is 1. The van der Waals surface area contributed by atoms with Crippen molar-refractivity contribution >= 4 is 11.8 Å². The summed E-state index contributed by atoms with van der Waals surface area (Å²) in [5.74, 6) is 3.16. The van der Waals surface area contributed by atoms with E-state index in [2.05, 4.69) is 21.2 Å².